The first-order chi connectivity index (χ1) is 8.40. The maximum atomic E-state index is 5.79. The molecular formula is C15H22O2. The third-order valence-corrected chi connectivity index (χ3v) is 3.10. The fourth-order valence-corrected chi connectivity index (χ4v) is 1.94. The van der Waals surface area contributed by atoms with Crippen LogP contribution in [0.1, 0.15) is 38.2 Å². The molecule has 0 amide bonds. The van der Waals surface area contributed by atoms with Gasteiger partial charge in [0.2, 0.25) is 0 Å². The molecule has 0 aliphatic carbocycles. The number of aryl methyl sites for hydroxylation is 1. The Labute approximate surface area is 104 Å². The van der Waals surface area contributed by atoms with Gasteiger partial charge in [-0.05, 0) is 24.5 Å². The minimum Gasteiger partial charge on any atom is -0.491 e. The van der Waals surface area contributed by atoms with E-state index < -0.39 is 0 Å². The Morgan fingerprint density at radius 1 is 1.24 bits per heavy atom. The minimum absolute atomic E-state index is 0.336. The topological polar surface area (TPSA) is 21.8 Å². The molecule has 0 radical (unpaired) electrons. The molecule has 1 unspecified atom stereocenters. The second-order valence-corrected chi connectivity index (χ2v) is 4.68. The molecular weight excluding hydrogens is 212 g/mol. The van der Waals surface area contributed by atoms with Crippen molar-refractivity contribution in [2.75, 3.05) is 13.2 Å². The molecule has 0 aromatic heterocycles. The molecule has 0 saturated carbocycles. The van der Waals surface area contributed by atoms with Gasteiger partial charge in [-0.15, -0.1) is 0 Å². The SMILES string of the molecule is CCCCCCc1ccccc1OCC1CO1. The van der Waals surface area contributed by atoms with E-state index >= 15 is 0 Å². The molecule has 1 aromatic rings. The molecule has 2 heteroatoms. The van der Waals surface area contributed by atoms with Crippen molar-refractivity contribution in [1.29, 1.82) is 0 Å². The van der Waals surface area contributed by atoms with E-state index in [0.717, 1.165) is 18.8 Å². The average Bonchev–Trinajstić information content (AvgIpc) is 3.17. The molecule has 1 aliphatic heterocycles. The minimum atomic E-state index is 0.336. The van der Waals surface area contributed by atoms with Crippen LogP contribution in [0.25, 0.3) is 0 Å². The lowest BCUT2D eigenvalue weighted by molar-refractivity contribution is 0.261. The van der Waals surface area contributed by atoms with Crippen LogP contribution in [0.4, 0.5) is 0 Å². The summed E-state index contributed by atoms with van der Waals surface area (Å²) in [7, 11) is 0. The summed E-state index contributed by atoms with van der Waals surface area (Å²) < 4.78 is 11.0. The molecule has 1 aliphatic rings. The van der Waals surface area contributed by atoms with Crippen LogP contribution in [-0.4, -0.2) is 19.3 Å². The van der Waals surface area contributed by atoms with E-state index in [2.05, 4.69) is 25.1 Å². The highest BCUT2D eigenvalue weighted by molar-refractivity contribution is 5.33. The van der Waals surface area contributed by atoms with Crippen LogP contribution >= 0.6 is 0 Å². The van der Waals surface area contributed by atoms with Crippen molar-refractivity contribution >= 4 is 0 Å². The highest BCUT2D eigenvalue weighted by Gasteiger charge is 2.23. The fourth-order valence-electron chi connectivity index (χ4n) is 1.94. The van der Waals surface area contributed by atoms with Crippen molar-refractivity contribution in [3.8, 4) is 5.75 Å². The Morgan fingerprint density at radius 2 is 2.06 bits per heavy atom. The normalized spacial score (nSPS) is 18.1. The van der Waals surface area contributed by atoms with Gasteiger partial charge in [-0.2, -0.15) is 0 Å². The zero-order valence-electron chi connectivity index (χ0n) is 10.7. The van der Waals surface area contributed by atoms with Gasteiger partial charge in [-0.1, -0.05) is 44.4 Å². The van der Waals surface area contributed by atoms with Gasteiger partial charge in [0.05, 0.1) is 6.61 Å². The van der Waals surface area contributed by atoms with Crippen LogP contribution in [0, 0.1) is 0 Å². The van der Waals surface area contributed by atoms with Gasteiger partial charge in [0.1, 0.15) is 18.5 Å². The zero-order valence-corrected chi connectivity index (χ0v) is 10.7. The van der Waals surface area contributed by atoms with Crippen molar-refractivity contribution in [3.05, 3.63) is 29.8 Å². The maximum Gasteiger partial charge on any atom is 0.122 e. The predicted molar refractivity (Wildman–Crippen MR) is 69.5 cm³/mol. The van der Waals surface area contributed by atoms with Crippen LogP contribution in [-0.2, 0) is 11.2 Å². The van der Waals surface area contributed by atoms with Crippen molar-refractivity contribution in [1.82, 2.24) is 0 Å². The Hall–Kier alpha value is -1.02. The number of benzene rings is 1. The number of hydrogen-bond acceptors (Lipinski definition) is 2. The average molecular weight is 234 g/mol. The standard InChI is InChI=1S/C15H22O2/c1-2-3-4-5-8-13-9-6-7-10-15(13)17-12-14-11-16-14/h6-7,9-10,14H,2-5,8,11-12H2,1H3. The number of rotatable bonds is 8. The second kappa shape index (κ2) is 6.65. The summed E-state index contributed by atoms with van der Waals surface area (Å²) in [4.78, 5) is 0. The smallest absolute Gasteiger partial charge is 0.122 e. The van der Waals surface area contributed by atoms with Gasteiger partial charge >= 0.3 is 0 Å². The summed E-state index contributed by atoms with van der Waals surface area (Å²) >= 11 is 0. The van der Waals surface area contributed by atoms with Gasteiger partial charge in [-0.25, -0.2) is 0 Å². The highest BCUT2D eigenvalue weighted by Crippen LogP contribution is 2.22. The van der Waals surface area contributed by atoms with Crippen LogP contribution in [0.15, 0.2) is 24.3 Å². The van der Waals surface area contributed by atoms with E-state index in [4.69, 9.17) is 9.47 Å². The molecule has 0 bridgehead atoms. The molecule has 1 aromatic carbocycles. The van der Waals surface area contributed by atoms with E-state index in [-0.39, 0.29) is 0 Å². The number of epoxide rings is 1. The molecule has 1 heterocycles. The third kappa shape index (κ3) is 4.39. The maximum absolute atomic E-state index is 5.79. The first-order valence-corrected chi connectivity index (χ1v) is 6.72. The molecule has 17 heavy (non-hydrogen) atoms. The number of unbranched alkanes of at least 4 members (excludes halogenated alkanes) is 3. The summed E-state index contributed by atoms with van der Waals surface area (Å²) in [6, 6.07) is 8.38. The molecule has 2 nitrogen and oxygen atoms in total. The highest BCUT2D eigenvalue weighted by atomic mass is 16.6. The Balaban J connectivity index is 1.80. The summed E-state index contributed by atoms with van der Waals surface area (Å²) in [5.74, 6) is 1.04. The second-order valence-electron chi connectivity index (χ2n) is 4.68. The molecule has 1 atom stereocenters. The summed E-state index contributed by atoms with van der Waals surface area (Å²) in [6.07, 6.45) is 6.66. The number of para-hydroxylation sites is 1. The molecule has 1 fully saturated rings. The van der Waals surface area contributed by atoms with Crippen molar-refractivity contribution in [2.24, 2.45) is 0 Å². The van der Waals surface area contributed by atoms with Crippen molar-refractivity contribution in [2.45, 2.75) is 45.1 Å². The summed E-state index contributed by atoms with van der Waals surface area (Å²) in [5, 5.41) is 0. The molecule has 0 spiro atoms. The van der Waals surface area contributed by atoms with Crippen LogP contribution < -0.4 is 4.74 Å². The van der Waals surface area contributed by atoms with Gasteiger partial charge in [0, 0.05) is 0 Å². The zero-order chi connectivity index (χ0) is 11.9. The van der Waals surface area contributed by atoms with Gasteiger partial charge in [-0.3, -0.25) is 0 Å². The van der Waals surface area contributed by atoms with E-state index in [0.29, 0.717) is 12.7 Å². The molecule has 0 N–H and O–H groups in total. The first kappa shape index (κ1) is 12.4. The Kier molecular flexibility index (Phi) is 4.87. The monoisotopic (exact) mass is 234 g/mol. The van der Waals surface area contributed by atoms with Crippen LogP contribution in [0.3, 0.4) is 0 Å². The predicted octanol–water partition coefficient (Wildman–Crippen LogP) is 3.59. The van der Waals surface area contributed by atoms with E-state index in [1.54, 1.807) is 0 Å². The van der Waals surface area contributed by atoms with E-state index in [1.165, 1.54) is 31.2 Å². The molecule has 94 valence electrons. The molecule has 1 saturated heterocycles. The van der Waals surface area contributed by atoms with E-state index in [1.807, 2.05) is 6.07 Å². The third-order valence-electron chi connectivity index (χ3n) is 3.10. The lowest BCUT2D eigenvalue weighted by Gasteiger charge is -2.10. The van der Waals surface area contributed by atoms with E-state index in [9.17, 15) is 0 Å². The van der Waals surface area contributed by atoms with Crippen LogP contribution in [0.5, 0.6) is 5.75 Å². The first-order valence-electron chi connectivity index (χ1n) is 6.72. The number of ether oxygens (including phenoxy) is 2. The van der Waals surface area contributed by atoms with Gasteiger partial charge in [0.25, 0.3) is 0 Å². The Morgan fingerprint density at radius 3 is 2.82 bits per heavy atom. The summed E-state index contributed by atoms with van der Waals surface area (Å²) in [6.45, 7) is 3.80. The largest absolute Gasteiger partial charge is 0.491 e. The van der Waals surface area contributed by atoms with Crippen molar-refractivity contribution in [3.63, 3.8) is 0 Å². The fraction of sp³-hybridized carbons (Fsp3) is 0.600. The summed E-state index contributed by atoms with van der Waals surface area (Å²) in [5.41, 5.74) is 1.34. The quantitative estimate of drug-likeness (QED) is 0.506. The van der Waals surface area contributed by atoms with Gasteiger partial charge in [0.15, 0.2) is 0 Å². The molecule has 2 rings (SSSR count). The Bertz CT molecular complexity index is 331. The number of hydrogen-bond donors (Lipinski definition) is 0. The van der Waals surface area contributed by atoms with Crippen molar-refractivity contribution < 1.29 is 9.47 Å². The van der Waals surface area contributed by atoms with Crippen LogP contribution in [0.2, 0.25) is 0 Å². The lowest BCUT2D eigenvalue weighted by Crippen LogP contribution is -2.05. The van der Waals surface area contributed by atoms with Gasteiger partial charge < -0.3 is 9.47 Å². The lowest BCUT2D eigenvalue weighted by atomic mass is 10.1.